The van der Waals surface area contributed by atoms with Crippen LogP contribution >= 0.6 is 0 Å². The van der Waals surface area contributed by atoms with Crippen molar-refractivity contribution >= 4 is 16.9 Å². The first-order valence-electron chi connectivity index (χ1n) is 6.24. The standard InChI is InChI=1S/C13H14N6/c1-2-7-15-13-17-11-6-4-3-5-10(11)12(18-13)19-9-14-8-16-19/h3-6,8-9H,2,7H2,1H3,(H,15,17,18). The van der Waals surface area contributed by atoms with Crippen molar-refractivity contribution in [3.63, 3.8) is 0 Å². The average Bonchev–Trinajstić information content (AvgIpc) is 2.98. The third-order valence-corrected chi connectivity index (χ3v) is 2.75. The van der Waals surface area contributed by atoms with Gasteiger partial charge in [-0.1, -0.05) is 19.1 Å². The van der Waals surface area contributed by atoms with Gasteiger partial charge in [0.1, 0.15) is 12.7 Å². The number of fused-ring (bicyclic) bond motifs is 1. The van der Waals surface area contributed by atoms with Crippen molar-refractivity contribution in [3.8, 4) is 5.82 Å². The topological polar surface area (TPSA) is 68.5 Å². The van der Waals surface area contributed by atoms with E-state index >= 15 is 0 Å². The first-order chi connectivity index (χ1) is 9.38. The van der Waals surface area contributed by atoms with E-state index < -0.39 is 0 Å². The molecule has 0 spiro atoms. The summed E-state index contributed by atoms with van der Waals surface area (Å²) < 4.78 is 1.65. The van der Waals surface area contributed by atoms with Gasteiger partial charge < -0.3 is 5.32 Å². The number of benzene rings is 1. The minimum atomic E-state index is 0.617. The maximum Gasteiger partial charge on any atom is 0.225 e. The van der Waals surface area contributed by atoms with Gasteiger partial charge in [0, 0.05) is 11.9 Å². The van der Waals surface area contributed by atoms with Gasteiger partial charge in [0.05, 0.1) is 5.52 Å². The number of aromatic nitrogens is 5. The van der Waals surface area contributed by atoms with E-state index in [1.54, 1.807) is 11.0 Å². The Hall–Kier alpha value is -2.50. The highest BCUT2D eigenvalue weighted by atomic mass is 15.4. The molecule has 3 aromatic rings. The molecule has 1 N–H and O–H groups in total. The van der Waals surface area contributed by atoms with Crippen LogP contribution in [0.5, 0.6) is 0 Å². The Morgan fingerprint density at radius 1 is 1.21 bits per heavy atom. The maximum atomic E-state index is 4.52. The van der Waals surface area contributed by atoms with E-state index in [2.05, 4.69) is 32.3 Å². The molecule has 6 heteroatoms. The molecule has 0 atom stereocenters. The lowest BCUT2D eigenvalue weighted by Crippen LogP contribution is -2.08. The molecular formula is C13H14N6. The molecule has 0 radical (unpaired) electrons. The summed E-state index contributed by atoms with van der Waals surface area (Å²) in [6.45, 7) is 2.95. The van der Waals surface area contributed by atoms with Crippen LogP contribution in [0.2, 0.25) is 0 Å². The summed E-state index contributed by atoms with van der Waals surface area (Å²) in [7, 11) is 0. The Kier molecular flexibility index (Phi) is 3.06. The molecule has 0 aliphatic carbocycles. The smallest absolute Gasteiger partial charge is 0.225 e. The highest BCUT2D eigenvalue weighted by Crippen LogP contribution is 2.19. The number of hydrogen-bond acceptors (Lipinski definition) is 5. The van der Waals surface area contributed by atoms with Gasteiger partial charge in [-0.3, -0.25) is 0 Å². The van der Waals surface area contributed by atoms with E-state index in [0.29, 0.717) is 5.95 Å². The van der Waals surface area contributed by atoms with Crippen molar-refractivity contribution in [2.24, 2.45) is 0 Å². The van der Waals surface area contributed by atoms with E-state index in [1.807, 2.05) is 24.3 Å². The van der Waals surface area contributed by atoms with Crippen molar-refractivity contribution in [2.75, 3.05) is 11.9 Å². The summed E-state index contributed by atoms with van der Waals surface area (Å²) in [5.74, 6) is 1.35. The Bertz CT molecular complexity index is 677. The Labute approximate surface area is 110 Å². The van der Waals surface area contributed by atoms with Crippen molar-refractivity contribution in [3.05, 3.63) is 36.9 Å². The third kappa shape index (κ3) is 2.24. The summed E-state index contributed by atoms with van der Waals surface area (Å²) in [5, 5.41) is 8.30. The van der Waals surface area contributed by atoms with Crippen LogP contribution in [0.25, 0.3) is 16.7 Å². The molecule has 19 heavy (non-hydrogen) atoms. The molecule has 2 heterocycles. The number of para-hydroxylation sites is 1. The third-order valence-electron chi connectivity index (χ3n) is 2.75. The normalized spacial score (nSPS) is 10.8. The molecule has 0 amide bonds. The molecule has 0 fully saturated rings. The molecule has 0 aliphatic rings. The number of hydrogen-bond donors (Lipinski definition) is 1. The van der Waals surface area contributed by atoms with E-state index in [9.17, 15) is 0 Å². The predicted octanol–water partition coefficient (Wildman–Crippen LogP) is 2.03. The van der Waals surface area contributed by atoms with Crippen molar-refractivity contribution in [1.82, 2.24) is 24.7 Å². The Morgan fingerprint density at radius 2 is 2.11 bits per heavy atom. The summed E-state index contributed by atoms with van der Waals surface area (Å²) in [6, 6.07) is 7.87. The molecule has 2 aromatic heterocycles. The van der Waals surface area contributed by atoms with Crippen LogP contribution in [0, 0.1) is 0 Å². The fourth-order valence-electron chi connectivity index (χ4n) is 1.87. The van der Waals surface area contributed by atoms with Crippen molar-refractivity contribution in [1.29, 1.82) is 0 Å². The molecule has 0 aliphatic heterocycles. The van der Waals surface area contributed by atoms with Crippen LogP contribution in [0.3, 0.4) is 0 Å². The molecular weight excluding hydrogens is 240 g/mol. The van der Waals surface area contributed by atoms with Crippen LogP contribution in [-0.4, -0.2) is 31.3 Å². The number of nitrogens with one attached hydrogen (secondary N) is 1. The zero-order valence-electron chi connectivity index (χ0n) is 10.6. The van der Waals surface area contributed by atoms with Crippen LogP contribution < -0.4 is 5.32 Å². The fraction of sp³-hybridized carbons (Fsp3) is 0.231. The Morgan fingerprint density at radius 3 is 2.89 bits per heavy atom. The largest absolute Gasteiger partial charge is 0.354 e. The van der Waals surface area contributed by atoms with Crippen molar-refractivity contribution in [2.45, 2.75) is 13.3 Å². The summed E-state index contributed by atoms with van der Waals surface area (Å²) in [4.78, 5) is 13.0. The van der Waals surface area contributed by atoms with E-state index in [-0.39, 0.29) is 0 Å². The van der Waals surface area contributed by atoms with Crippen LogP contribution in [0.4, 0.5) is 5.95 Å². The Balaban J connectivity index is 2.17. The van der Waals surface area contributed by atoms with Crippen molar-refractivity contribution < 1.29 is 0 Å². The minimum Gasteiger partial charge on any atom is -0.354 e. The highest BCUT2D eigenvalue weighted by molar-refractivity contribution is 5.86. The van der Waals surface area contributed by atoms with Crippen LogP contribution in [0.15, 0.2) is 36.9 Å². The van der Waals surface area contributed by atoms with Gasteiger partial charge in [0.2, 0.25) is 5.95 Å². The van der Waals surface area contributed by atoms with E-state index in [4.69, 9.17) is 0 Å². The van der Waals surface area contributed by atoms with Gasteiger partial charge in [0.25, 0.3) is 0 Å². The van der Waals surface area contributed by atoms with Crippen LogP contribution in [0.1, 0.15) is 13.3 Å². The first kappa shape index (κ1) is 11.6. The minimum absolute atomic E-state index is 0.617. The summed E-state index contributed by atoms with van der Waals surface area (Å²) in [6.07, 6.45) is 4.16. The second-order valence-electron chi connectivity index (χ2n) is 4.15. The number of rotatable bonds is 4. The monoisotopic (exact) mass is 254 g/mol. The maximum absolute atomic E-state index is 4.52. The van der Waals surface area contributed by atoms with Gasteiger partial charge in [-0.05, 0) is 18.6 Å². The molecule has 0 bridgehead atoms. The van der Waals surface area contributed by atoms with Crippen LogP contribution in [-0.2, 0) is 0 Å². The van der Waals surface area contributed by atoms with Gasteiger partial charge in [-0.15, -0.1) is 0 Å². The average molecular weight is 254 g/mol. The quantitative estimate of drug-likeness (QED) is 0.771. The molecule has 0 saturated heterocycles. The zero-order chi connectivity index (χ0) is 13.1. The molecule has 1 aromatic carbocycles. The van der Waals surface area contributed by atoms with E-state index in [0.717, 1.165) is 29.7 Å². The van der Waals surface area contributed by atoms with Gasteiger partial charge >= 0.3 is 0 Å². The highest BCUT2D eigenvalue weighted by Gasteiger charge is 2.09. The number of nitrogens with zero attached hydrogens (tertiary/aromatic N) is 5. The second-order valence-corrected chi connectivity index (χ2v) is 4.15. The molecule has 3 rings (SSSR count). The lowest BCUT2D eigenvalue weighted by atomic mass is 10.2. The first-order valence-corrected chi connectivity index (χ1v) is 6.24. The summed E-state index contributed by atoms with van der Waals surface area (Å²) >= 11 is 0. The lowest BCUT2D eigenvalue weighted by molar-refractivity contribution is 0.846. The SMILES string of the molecule is CCCNc1nc(-n2cncn2)c2ccccc2n1. The summed E-state index contributed by atoms with van der Waals surface area (Å²) in [5.41, 5.74) is 0.890. The second kappa shape index (κ2) is 5.01. The van der Waals surface area contributed by atoms with E-state index in [1.165, 1.54) is 6.33 Å². The molecule has 0 unspecified atom stereocenters. The predicted molar refractivity (Wildman–Crippen MR) is 73.2 cm³/mol. The molecule has 6 nitrogen and oxygen atoms in total. The van der Waals surface area contributed by atoms with Gasteiger partial charge in [-0.25, -0.2) is 14.6 Å². The molecule has 96 valence electrons. The zero-order valence-corrected chi connectivity index (χ0v) is 10.6. The van der Waals surface area contributed by atoms with Gasteiger partial charge in [-0.2, -0.15) is 10.1 Å². The molecule has 0 saturated carbocycles. The number of anilines is 1. The fourth-order valence-corrected chi connectivity index (χ4v) is 1.87. The van der Waals surface area contributed by atoms with Gasteiger partial charge in [0.15, 0.2) is 5.82 Å². The lowest BCUT2D eigenvalue weighted by Gasteiger charge is -2.08.